The Hall–Kier alpha value is -0.480. The molecule has 0 aliphatic heterocycles. The number of hydrogen-bond donors (Lipinski definition) is 1. The second kappa shape index (κ2) is 5.01. The largest absolute Gasteiger partial charge is 0.377 e. The molecule has 0 bridgehead atoms. The van der Waals surface area contributed by atoms with Crippen LogP contribution in [0.4, 0.5) is 0 Å². The fourth-order valence-corrected chi connectivity index (χ4v) is 7.34. The Balaban J connectivity index is 1.60. The minimum atomic E-state index is -0.833. The lowest BCUT2D eigenvalue weighted by Gasteiger charge is -2.56. The van der Waals surface area contributed by atoms with Gasteiger partial charge in [-0.2, -0.15) is 0 Å². The predicted molar refractivity (Wildman–Crippen MR) is 90.1 cm³/mol. The molecule has 0 aromatic heterocycles. The average Bonchev–Trinajstić information content (AvgIpc) is 2.79. The lowest BCUT2D eigenvalue weighted by atomic mass is 9.49. The quantitative estimate of drug-likeness (QED) is 0.646. The summed E-state index contributed by atoms with van der Waals surface area (Å²) < 4.78 is 0. The van der Waals surface area contributed by atoms with Gasteiger partial charge in [-0.3, -0.25) is 0 Å². The van der Waals surface area contributed by atoms with Crippen LogP contribution in [0, 0.1) is 53.3 Å². The monoisotopic (exact) mass is 300 g/mol. The molecule has 0 spiro atoms. The fraction of sp³-hybridized carbons (Fsp3) is 0.905. The van der Waals surface area contributed by atoms with Crippen molar-refractivity contribution in [2.75, 3.05) is 0 Å². The van der Waals surface area contributed by atoms with Gasteiger partial charge in [0.25, 0.3) is 0 Å². The maximum absolute atomic E-state index is 11.0. The Bertz CT molecular complexity index is 491. The Morgan fingerprint density at radius 3 is 2.50 bits per heavy atom. The molecule has 122 valence electrons. The molecule has 1 nitrogen and oxygen atoms in total. The normalized spacial score (nSPS) is 57.4. The fourth-order valence-electron chi connectivity index (χ4n) is 7.34. The Morgan fingerprint density at radius 1 is 0.955 bits per heavy atom. The van der Waals surface area contributed by atoms with Gasteiger partial charge >= 0.3 is 0 Å². The molecule has 4 fully saturated rings. The third kappa shape index (κ3) is 1.89. The van der Waals surface area contributed by atoms with E-state index in [1.165, 1.54) is 38.5 Å². The van der Waals surface area contributed by atoms with Crippen molar-refractivity contribution in [1.82, 2.24) is 0 Å². The molecule has 4 aliphatic carbocycles. The maximum atomic E-state index is 11.0. The van der Waals surface area contributed by atoms with Gasteiger partial charge in [-0.05, 0) is 86.9 Å². The summed E-state index contributed by atoms with van der Waals surface area (Å²) in [6, 6.07) is 0. The third-order valence-electron chi connectivity index (χ3n) is 8.61. The zero-order valence-electron chi connectivity index (χ0n) is 14.4. The molecule has 0 radical (unpaired) electrons. The van der Waals surface area contributed by atoms with Crippen molar-refractivity contribution in [3.05, 3.63) is 0 Å². The number of fused-ring (bicyclic) bond motifs is 5. The Morgan fingerprint density at radius 2 is 1.73 bits per heavy atom. The van der Waals surface area contributed by atoms with Crippen molar-refractivity contribution in [2.45, 2.75) is 77.2 Å². The maximum Gasteiger partial charge on any atom is 0.130 e. The summed E-state index contributed by atoms with van der Waals surface area (Å²) in [7, 11) is 0. The van der Waals surface area contributed by atoms with E-state index < -0.39 is 5.60 Å². The van der Waals surface area contributed by atoms with Crippen LogP contribution >= 0.6 is 0 Å². The minimum absolute atomic E-state index is 0.0162. The molecule has 4 aliphatic rings. The van der Waals surface area contributed by atoms with Crippen LogP contribution in [0.1, 0.15) is 71.6 Å². The highest BCUT2D eigenvalue weighted by molar-refractivity contribution is 5.23. The second-order valence-electron chi connectivity index (χ2n) is 9.35. The summed E-state index contributed by atoms with van der Waals surface area (Å²) in [4.78, 5) is 0. The third-order valence-corrected chi connectivity index (χ3v) is 8.61. The van der Waals surface area contributed by atoms with Gasteiger partial charge in [-0.1, -0.05) is 26.2 Å². The highest BCUT2D eigenvalue weighted by Gasteiger charge is 2.62. The molecule has 0 amide bonds. The van der Waals surface area contributed by atoms with Gasteiger partial charge in [0.2, 0.25) is 0 Å². The molecule has 0 aromatic rings. The average molecular weight is 300 g/mol. The lowest BCUT2D eigenvalue weighted by molar-refractivity contribution is -0.107. The van der Waals surface area contributed by atoms with Crippen LogP contribution in [-0.4, -0.2) is 10.7 Å². The van der Waals surface area contributed by atoms with E-state index in [1.54, 1.807) is 0 Å². The number of aliphatic hydroxyl groups is 1. The van der Waals surface area contributed by atoms with Gasteiger partial charge in [0.05, 0.1) is 0 Å². The zero-order valence-corrected chi connectivity index (χ0v) is 14.4. The molecular weight excluding hydrogens is 268 g/mol. The van der Waals surface area contributed by atoms with Crippen LogP contribution in [-0.2, 0) is 0 Å². The Labute approximate surface area is 136 Å². The SMILES string of the molecule is C#C[C@]1(O)CC[C@H]2[C@@H]3CCC4CC(C)CC[C@@H]4[C@H]3CC[C@@]21C. The molecule has 1 N–H and O–H groups in total. The van der Waals surface area contributed by atoms with Crippen LogP contribution in [0.25, 0.3) is 0 Å². The van der Waals surface area contributed by atoms with E-state index in [0.717, 1.165) is 48.9 Å². The number of rotatable bonds is 0. The molecule has 0 aromatic carbocycles. The van der Waals surface area contributed by atoms with E-state index in [2.05, 4.69) is 19.8 Å². The molecule has 22 heavy (non-hydrogen) atoms. The van der Waals surface area contributed by atoms with E-state index in [0.29, 0.717) is 5.92 Å². The zero-order chi connectivity index (χ0) is 15.5. The summed E-state index contributed by atoms with van der Waals surface area (Å²) in [5.41, 5.74) is -0.849. The van der Waals surface area contributed by atoms with E-state index in [9.17, 15) is 5.11 Å². The first-order valence-electron chi connectivity index (χ1n) is 9.68. The van der Waals surface area contributed by atoms with Crippen molar-refractivity contribution in [1.29, 1.82) is 0 Å². The topological polar surface area (TPSA) is 20.2 Å². The van der Waals surface area contributed by atoms with Crippen LogP contribution in [0.5, 0.6) is 0 Å². The lowest BCUT2D eigenvalue weighted by Crippen LogP contribution is -2.53. The first-order valence-corrected chi connectivity index (χ1v) is 9.68. The smallest absolute Gasteiger partial charge is 0.130 e. The van der Waals surface area contributed by atoms with Gasteiger partial charge < -0.3 is 5.11 Å². The van der Waals surface area contributed by atoms with Gasteiger partial charge in [-0.25, -0.2) is 0 Å². The van der Waals surface area contributed by atoms with E-state index >= 15 is 0 Å². The number of terminal acetylenes is 1. The number of hydrogen-bond acceptors (Lipinski definition) is 1. The first kappa shape index (κ1) is 15.1. The van der Waals surface area contributed by atoms with Crippen LogP contribution in [0.15, 0.2) is 0 Å². The highest BCUT2D eigenvalue weighted by atomic mass is 16.3. The molecule has 2 unspecified atom stereocenters. The van der Waals surface area contributed by atoms with Crippen LogP contribution in [0.2, 0.25) is 0 Å². The van der Waals surface area contributed by atoms with Crippen molar-refractivity contribution < 1.29 is 5.11 Å². The van der Waals surface area contributed by atoms with Gasteiger partial charge in [0.1, 0.15) is 5.60 Å². The van der Waals surface area contributed by atoms with Crippen LogP contribution in [0.3, 0.4) is 0 Å². The molecular formula is C21H32O. The second-order valence-corrected chi connectivity index (χ2v) is 9.35. The summed E-state index contributed by atoms with van der Waals surface area (Å²) in [6.45, 7) is 4.75. The molecule has 4 saturated carbocycles. The summed E-state index contributed by atoms with van der Waals surface area (Å²) in [6.07, 6.45) is 17.4. The first-order chi connectivity index (χ1) is 10.5. The van der Waals surface area contributed by atoms with E-state index in [-0.39, 0.29) is 5.41 Å². The molecule has 0 saturated heterocycles. The van der Waals surface area contributed by atoms with Gasteiger partial charge in [0, 0.05) is 5.41 Å². The highest BCUT2D eigenvalue weighted by Crippen LogP contribution is 2.65. The van der Waals surface area contributed by atoms with Crippen molar-refractivity contribution in [3.63, 3.8) is 0 Å². The van der Waals surface area contributed by atoms with E-state index in [4.69, 9.17) is 6.42 Å². The van der Waals surface area contributed by atoms with E-state index in [1.807, 2.05) is 0 Å². The molecule has 8 atom stereocenters. The van der Waals surface area contributed by atoms with Crippen LogP contribution < -0.4 is 0 Å². The minimum Gasteiger partial charge on any atom is -0.377 e. The van der Waals surface area contributed by atoms with Gasteiger partial charge in [0.15, 0.2) is 0 Å². The summed E-state index contributed by atoms with van der Waals surface area (Å²) >= 11 is 0. The van der Waals surface area contributed by atoms with Gasteiger partial charge in [-0.15, -0.1) is 6.42 Å². The van der Waals surface area contributed by atoms with Crippen molar-refractivity contribution in [2.24, 2.45) is 40.9 Å². The molecule has 4 rings (SSSR count). The van der Waals surface area contributed by atoms with Crippen molar-refractivity contribution >= 4 is 0 Å². The summed E-state index contributed by atoms with van der Waals surface area (Å²) in [5, 5.41) is 11.0. The molecule has 0 heterocycles. The predicted octanol–water partition coefficient (Wildman–Crippen LogP) is 4.64. The standard InChI is InChI=1S/C21H32O/c1-4-21(22)12-10-19-18-8-6-15-13-14(2)5-7-16(15)17(18)9-11-20(19,21)3/h1,14-19,22H,5-13H2,2-3H3/t14?,15?,16-,17+,18+,19-,20-,21-/m0/s1. The summed E-state index contributed by atoms with van der Waals surface area (Å²) in [5.74, 6) is 8.18. The Kier molecular flexibility index (Phi) is 3.43. The van der Waals surface area contributed by atoms with Crippen molar-refractivity contribution in [3.8, 4) is 12.3 Å². The molecule has 1 heteroatoms.